The summed E-state index contributed by atoms with van der Waals surface area (Å²) >= 11 is 1.17. The van der Waals surface area contributed by atoms with E-state index in [1.165, 1.54) is 23.5 Å². The number of rotatable bonds is 5. The fraction of sp³-hybridized carbons (Fsp3) is 0.235. The fourth-order valence-electron chi connectivity index (χ4n) is 2.35. The minimum Gasteiger partial charge on any atom is -0.508 e. The van der Waals surface area contributed by atoms with Gasteiger partial charge in [-0.2, -0.15) is 13.2 Å². The lowest BCUT2D eigenvalue weighted by molar-refractivity contribution is -0.137. The minimum absolute atomic E-state index is 0.00812. The normalized spacial score (nSPS) is 11.8. The summed E-state index contributed by atoms with van der Waals surface area (Å²) in [5.41, 5.74) is 0.999. The molecular formula is C17H15F3N2O2S. The van der Waals surface area contributed by atoms with Gasteiger partial charge in [0.25, 0.3) is 0 Å². The van der Waals surface area contributed by atoms with Crippen molar-refractivity contribution in [2.45, 2.75) is 19.4 Å². The van der Waals surface area contributed by atoms with E-state index >= 15 is 0 Å². The maximum absolute atomic E-state index is 13.1. The molecule has 132 valence electrons. The van der Waals surface area contributed by atoms with Gasteiger partial charge in [0.2, 0.25) is 0 Å². The van der Waals surface area contributed by atoms with E-state index in [1.54, 1.807) is 19.2 Å². The molecule has 0 amide bonds. The number of phenolic OH excluding ortho intramolecular Hbond substituents is 1. The van der Waals surface area contributed by atoms with Crippen LogP contribution in [0.2, 0.25) is 0 Å². The zero-order valence-electron chi connectivity index (χ0n) is 13.2. The van der Waals surface area contributed by atoms with Gasteiger partial charge >= 0.3 is 6.18 Å². The zero-order chi connectivity index (χ0) is 18.0. The van der Waals surface area contributed by atoms with Crippen LogP contribution in [0.3, 0.4) is 0 Å². The SMILES string of the molecule is CNc1nc2c(COCc3ccc(O)cc3)cc(C(F)(F)F)cc2s1. The third-order valence-electron chi connectivity index (χ3n) is 3.58. The van der Waals surface area contributed by atoms with Crippen molar-refractivity contribution in [3.8, 4) is 5.75 Å². The molecule has 3 aromatic rings. The van der Waals surface area contributed by atoms with Crippen molar-refractivity contribution >= 4 is 26.7 Å². The van der Waals surface area contributed by atoms with Gasteiger partial charge in [-0.3, -0.25) is 0 Å². The number of halogens is 3. The summed E-state index contributed by atoms with van der Waals surface area (Å²) in [6, 6.07) is 8.63. The van der Waals surface area contributed by atoms with Crippen LogP contribution in [0.4, 0.5) is 18.3 Å². The summed E-state index contributed by atoms with van der Waals surface area (Å²) < 4.78 is 45.4. The highest BCUT2D eigenvalue weighted by Crippen LogP contribution is 2.36. The van der Waals surface area contributed by atoms with Crippen LogP contribution >= 0.6 is 11.3 Å². The maximum Gasteiger partial charge on any atom is 0.416 e. The molecule has 0 unspecified atom stereocenters. The van der Waals surface area contributed by atoms with Crippen LogP contribution in [-0.4, -0.2) is 17.1 Å². The monoisotopic (exact) mass is 368 g/mol. The van der Waals surface area contributed by atoms with Crippen molar-refractivity contribution < 1.29 is 23.0 Å². The van der Waals surface area contributed by atoms with E-state index in [0.29, 0.717) is 20.9 Å². The Kier molecular flexibility index (Phi) is 4.82. The number of aromatic nitrogens is 1. The smallest absolute Gasteiger partial charge is 0.416 e. The molecule has 0 saturated carbocycles. The van der Waals surface area contributed by atoms with Crippen LogP contribution in [0, 0.1) is 0 Å². The van der Waals surface area contributed by atoms with Gasteiger partial charge in [-0.05, 0) is 29.8 Å². The number of hydrogen-bond donors (Lipinski definition) is 2. The van der Waals surface area contributed by atoms with Crippen molar-refractivity contribution in [1.82, 2.24) is 4.98 Å². The van der Waals surface area contributed by atoms with E-state index in [9.17, 15) is 18.3 Å². The van der Waals surface area contributed by atoms with Crippen molar-refractivity contribution in [3.05, 3.63) is 53.1 Å². The quantitative estimate of drug-likeness (QED) is 0.681. The van der Waals surface area contributed by atoms with E-state index in [0.717, 1.165) is 17.7 Å². The molecule has 0 radical (unpaired) electrons. The largest absolute Gasteiger partial charge is 0.508 e. The second-order valence-corrected chi connectivity index (χ2v) is 6.44. The van der Waals surface area contributed by atoms with Gasteiger partial charge in [0.1, 0.15) is 5.75 Å². The molecule has 0 spiro atoms. The van der Waals surface area contributed by atoms with Gasteiger partial charge < -0.3 is 15.2 Å². The zero-order valence-corrected chi connectivity index (χ0v) is 14.0. The molecule has 0 saturated heterocycles. The Hall–Kier alpha value is -2.32. The molecule has 8 heteroatoms. The average Bonchev–Trinajstić information content (AvgIpc) is 2.99. The highest BCUT2D eigenvalue weighted by molar-refractivity contribution is 7.22. The van der Waals surface area contributed by atoms with E-state index in [2.05, 4.69) is 10.3 Å². The summed E-state index contributed by atoms with van der Waals surface area (Å²) in [6.07, 6.45) is -4.43. The number of alkyl halides is 3. The number of nitrogens with one attached hydrogen (secondary N) is 1. The van der Waals surface area contributed by atoms with Crippen molar-refractivity contribution in [2.24, 2.45) is 0 Å². The van der Waals surface area contributed by atoms with Crippen LogP contribution in [0.25, 0.3) is 10.2 Å². The third-order valence-corrected chi connectivity index (χ3v) is 4.60. The number of hydrogen-bond acceptors (Lipinski definition) is 5. The molecule has 0 aliphatic rings. The first-order valence-corrected chi connectivity index (χ1v) is 8.22. The lowest BCUT2D eigenvalue weighted by Crippen LogP contribution is -2.06. The summed E-state index contributed by atoms with van der Waals surface area (Å²) in [4.78, 5) is 4.32. The molecule has 25 heavy (non-hydrogen) atoms. The third kappa shape index (κ3) is 4.02. The highest BCUT2D eigenvalue weighted by Gasteiger charge is 2.32. The van der Waals surface area contributed by atoms with Crippen LogP contribution in [0.5, 0.6) is 5.75 Å². The summed E-state index contributed by atoms with van der Waals surface area (Å²) in [6.45, 7) is 0.231. The van der Waals surface area contributed by atoms with Crippen LogP contribution in [-0.2, 0) is 24.1 Å². The Morgan fingerprint density at radius 2 is 1.88 bits per heavy atom. The molecule has 1 aromatic heterocycles. The van der Waals surface area contributed by atoms with Gasteiger partial charge in [0.15, 0.2) is 5.13 Å². The first-order valence-electron chi connectivity index (χ1n) is 7.41. The Labute approximate surface area is 145 Å². The van der Waals surface area contributed by atoms with E-state index in [4.69, 9.17) is 4.74 Å². The Bertz CT molecular complexity index is 876. The molecule has 4 nitrogen and oxygen atoms in total. The Balaban J connectivity index is 1.85. The van der Waals surface area contributed by atoms with Crippen LogP contribution in [0.15, 0.2) is 36.4 Å². The lowest BCUT2D eigenvalue weighted by Gasteiger charge is -2.10. The summed E-state index contributed by atoms with van der Waals surface area (Å²) in [5.74, 6) is 0.144. The topological polar surface area (TPSA) is 54.4 Å². The van der Waals surface area contributed by atoms with E-state index in [1.807, 2.05) is 0 Å². The number of aromatic hydroxyl groups is 1. The second-order valence-electron chi connectivity index (χ2n) is 5.41. The minimum atomic E-state index is -4.43. The average molecular weight is 368 g/mol. The number of thiazole rings is 1. The molecule has 3 rings (SSSR count). The standard InChI is InChI=1S/C17H15F3N2O2S/c1-21-16-22-15-11(6-12(17(18,19)20)7-14(15)25-16)9-24-8-10-2-4-13(23)5-3-10/h2-7,23H,8-9H2,1H3,(H,21,22). The van der Waals surface area contributed by atoms with Gasteiger partial charge in [0.05, 0.1) is 29.0 Å². The number of anilines is 1. The molecule has 0 aliphatic carbocycles. The molecular weight excluding hydrogens is 353 g/mol. The number of fused-ring (bicyclic) bond motifs is 1. The van der Waals surface area contributed by atoms with Crippen LogP contribution < -0.4 is 5.32 Å². The Morgan fingerprint density at radius 1 is 1.16 bits per heavy atom. The predicted molar refractivity (Wildman–Crippen MR) is 90.8 cm³/mol. The van der Waals surface area contributed by atoms with Gasteiger partial charge in [-0.25, -0.2) is 4.98 Å². The fourth-order valence-corrected chi connectivity index (χ4v) is 3.26. The molecule has 2 N–H and O–H groups in total. The molecule has 0 fully saturated rings. The summed E-state index contributed by atoms with van der Waals surface area (Å²) in [7, 11) is 1.67. The number of ether oxygens (including phenoxy) is 1. The molecule has 0 atom stereocenters. The number of nitrogens with zero attached hydrogens (tertiary/aromatic N) is 1. The predicted octanol–water partition coefficient (Wildman–Crippen LogP) is 4.78. The van der Waals surface area contributed by atoms with Crippen LogP contribution in [0.1, 0.15) is 16.7 Å². The van der Waals surface area contributed by atoms with Crippen molar-refractivity contribution in [2.75, 3.05) is 12.4 Å². The highest BCUT2D eigenvalue weighted by atomic mass is 32.1. The Morgan fingerprint density at radius 3 is 2.52 bits per heavy atom. The van der Waals surface area contributed by atoms with Gasteiger partial charge in [-0.15, -0.1) is 0 Å². The van der Waals surface area contributed by atoms with Crippen molar-refractivity contribution in [1.29, 1.82) is 0 Å². The van der Waals surface area contributed by atoms with Gasteiger partial charge in [-0.1, -0.05) is 23.5 Å². The van der Waals surface area contributed by atoms with Crippen molar-refractivity contribution in [3.63, 3.8) is 0 Å². The molecule has 2 aromatic carbocycles. The second kappa shape index (κ2) is 6.89. The molecule has 0 bridgehead atoms. The van der Waals surface area contributed by atoms with E-state index in [-0.39, 0.29) is 19.0 Å². The first-order chi connectivity index (χ1) is 11.9. The molecule has 0 aliphatic heterocycles. The lowest BCUT2D eigenvalue weighted by atomic mass is 10.1. The summed E-state index contributed by atoms with van der Waals surface area (Å²) in [5, 5.41) is 12.7. The van der Waals surface area contributed by atoms with E-state index < -0.39 is 11.7 Å². The molecule has 1 heterocycles. The first kappa shape index (κ1) is 17.5. The van der Waals surface area contributed by atoms with Gasteiger partial charge in [0, 0.05) is 12.6 Å². The number of phenols is 1. The maximum atomic E-state index is 13.1. The number of benzene rings is 2.